The van der Waals surface area contributed by atoms with E-state index in [1.54, 1.807) is 6.07 Å². The van der Waals surface area contributed by atoms with Crippen LogP contribution in [0, 0.1) is 0 Å². The molecule has 2 rings (SSSR count). The Bertz CT molecular complexity index is 656. The first-order valence-corrected chi connectivity index (χ1v) is 7.45. The molecule has 0 saturated heterocycles. The molecule has 0 saturated carbocycles. The van der Waals surface area contributed by atoms with Crippen LogP contribution in [0.2, 0.25) is 0 Å². The molecule has 5 heteroatoms. The van der Waals surface area contributed by atoms with Gasteiger partial charge in [-0.25, -0.2) is 0 Å². The Morgan fingerprint density at radius 2 is 1.87 bits per heavy atom. The lowest BCUT2D eigenvalue weighted by molar-refractivity contribution is -0.0498. The third kappa shape index (κ3) is 4.77. The van der Waals surface area contributed by atoms with Crippen LogP contribution in [0.25, 0.3) is 0 Å². The molecule has 3 nitrogen and oxygen atoms in total. The van der Waals surface area contributed by atoms with Crippen molar-refractivity contribution in [3.05, 3.63) is 59.7 Å². The van der Waals surface area contributed by atoms with Crippen LogP contribution >= 0.6 is 0 Å². The summed E-state index contributed by atoms with van der Waals surface area (Å²) in [5.74, 6) is 0.0451. The molecular formula is C18H19F2NO2. The molecule has 1 atom stereocenters. The summed E-state index contributed by atoms with van der Waals surface area (Å²) in [4.78, 5) is 12.2. The van der Waals surface area contributed by atoms with E-state index in [9.17, 15) is 13.6 Å². The quantitative estimate of drug-likeness (QED) is 0.808. The topological polar surface area (TPSA) is 38.3 Å². The standard InChI is InChI=1S/C18H19F2NO2/c1-3-12(2)13-7-9-15(10-8-13)21-17(22)14-5-4-6-16(11-14)23-18(19)20/h4-12,18H,3H2,1-2H3,(H,21,22)/t12-/m0/s1. The summed E-state index contributed by atoms with van der Waals surface area (Å²) in [5.41, 5.74) is 2.12. The highest BCUT2D eigenvalue weighted by atomic mass is 19.3. The van der Waals surface area contributed by atoms with E-state index in [0.29, 0.717) is 11.6 Å². The summed E-state index contributed by atoms with van der Waals surface area (Å²) in [6.07, 6.45) is 1.04. The van der Waals surface area contributed by atoms with Crippen LogP contribution < -0.4 is 10.1 Å². The van der Waals surface area contributed by atoms with Crippen molar-refractivity contribution in [2.24, 2.45) is 0 Å². The summed E-state index contributed by atoms with van der Waals surface area (Å²) >= 11 is 0. The lowest BCUT2D eigenvalue weighted by Crippen LogP contribution is -2.12. The van der Waals surface area contributed by atoms with Crippen molar-refractivity contribution in [3.63, 3.8) is 0 Å². The van der Waals surface area contributed by atoms with E-state index in [0.717, 1.165) is 6.42 Å². The lowest BCUT2D eigenvalue weighted by Gasteiger charge is -2.11. The third-order valence-corrected chi connectivity index (χ3v) is 3.67. The van der Waals surface area contributed by atoms with E-state index in [1.807, 2.05) is 24.3 Å². The van der Waals surface area contributed by atoms with Gasteiger partial charge in [-0.1, -0.05) is 32.0 Å². The normalized spacial score (nSPS) is 12.0. The predicted octanol–water partition coefficient (Wildman–Crippen LogP) is 5.05. The van der Waals surface area contributed by atoms with Crippen molar-refractivity contribution in [1.82, 2.24) is 0 Å². The largest absolute Gasteiger partial charge is 0.435 e. The molecule has 0 aliphatic rings. The number of anilines is 1. The summed E-state index contributed by atoms with van der Waals surface area (Å²) in [6.45, 7) is 1.35. The number of hydrogen-bond donors (Lipinski definition) is 1. The van der Waals surface area contributed by atoms with Gasteiger partial charge >= 0.3 is 6.61 Å². The van der Waals surface area contributed by atoms with E-state index < -0.39 is 6.61 Å². The van der Waals surface area contributed by atoms with Crippen molar-refractivity contribution in [3.8, 4) is 5.75 Å². The molecule has 0 unspecified atom stereocenters. The maximum absolute atomic E-state index is 12.2. The molecule has 1 N–H and O–H groups in total. The van der Waals surface area contributed by atoms with Crippen LogP contribution in [-0.4, -0.2) is 12.5 Å². The maximum atomic E-state index is 12.2. The highest BCUT2D eigenvalue weighted by Gasteiger charge is 2.10. The smallest absolute Gasteiger partial charge is 0.387 e. The third-order valence-electron chi connectivity index (χ3n) is 3.67. The maximum Gasteiger partial charge on any atom is 0.387 e. The van der Waals surface area contributed by atoms with Gasteiger partial charge in [0, 0.05) is 11.3 Å². The molecule has 2 aromatic rings. The van der Waals surface area contributed by atoms with E-state index in [1.165, 1.54) is 23.8 Å². The first kappa shape index (κ1) is 16.9. The molecule has 0 radical (unpaired) electrons. The van der Waals surface area contributed by atoms with E-state index in [2.05, 4.69) is 23.9 Å². The second-order valence-electron chi connectivity index (χ2n) is 5.29. The first-order valence-electron chi connectivity index (χ1n) is 7.45. The van der Waals surface area contributed by atoms with Gasteiger partial charge in [-0.2, -0.15) is 8.78 Å². The van der Waals surface area contributed by atoms with Gasteiger partial charge in [0.1, 0.15) is 5.75 Å². The monoisotopic (exact) mass is 319 g/mol. The fourth-order valence-corrected chi connectivity index (χ4v) is 2.15. The zero-order chi connectivity index (χ0) is 16.8. The SMILES string of the molecule is CC[C@H](C)c1ccc(NC(=O)c2cccc(OC(F)F)c2)cc1. The van der Waals surface area contributed by atoms with Gasteiger partial charge in [0.25, 0.3) is 5.91 Å². The van der Waals surface area contributed by atoms with Gasteiger partial charge in [0.15, 0.2) is 0 Å². The van der Waals surface area contributed by atoms with Gasteiger partial charge in [-0.15, -0.1) is 0 Å². The average Bonchev–Trinajstić information content (AvgIpc) is 2.54. The van der Waals surface area contributed by atoms with Crippen LogP contribution in [0.5, 0.6) is 5.75 Å². The van der Waals surface area contributed by atoms with E-state index in [4.69, 9.17) is 0 Å². The highest BCUT2D eigenvalue weighted by molar-refractivity contribution is 6.04. The highest BCUT2D eigenvalue weighted by Crippen LogP contribution is 2.21. The Labute approximate surface area is 134 Å². The molecular weight excluding hydrogens is 300 g/mol. The molecule has 0 aromatic heterocycles. The number of hydrogen-bond acceptors (Lipinski definition) is 2. The number of nitrogens with one attached hydrogen (secondary N) is 1. The molecule has 0 fully saturated rings. The Kier molecular flexibility index (Phi) is 5.68. The van der Waals surface area contributed by atoms with Crippen molar-refractivity contribution in [2.75, 3.05) is 5.32 Å². The van der Waals surface area contributed by atoms with Crippen LogP contribution in [0.15, 0.2) is 48.5 Å². The lowest BCUT2D eigenvalue weighted by atomic mass is 9.98. The molecule has 0 spiro atoms. The van der Waals surface area contributed by atoms with Gasteiger partial charge in [-0.05, 0) is 48.2 Å². The van der Waals surface area contributed by atoms with Crippen molar-refractivity contribution in [2.45, 2.75) is 32.8 Å². The van der Waals surface area contributed by atoms with E-state index in [-0.39, 0.29) is 17.2 Å². The minimum atomic E-state index is -2.92. The zero-order valence-corrected chi connectivity index (χ0v) is 13.1. The van der Waals surface area contributed by atoms with Crippen molar-refractivity contribution in [1.29, 1.82) is 0 Å². The number of rotatable bonds is 6. The minimum absolute atomic E-state index is 0.0419. The van der Waals surface area contributed by atoms with Crippen LogP contribution in [0.3, 0.4) is 0 Å². The summed E-state index contributed by atoms with van der Waals surface area (Å²) in [6, 6.07) is 13.3. The number of halogens is 2. The number of benzene rings is 2. The Morgan fingerprint density at radius 1 is 1.17 bits per heavy atom. The van der Waals surface area contributed by atoms with Crippen LogP contribution in [-0.2, 0) is 0 Å². The van der Waals surface area contributed by atoms with Crippen LogP contribution in [0.1, 0.15) is 42.1 Å². The van der Waals surface area contributed by atoms with E-state index >= 15 is 0 Å². The van der Waals surface area contributed by atoms with Crippen LogP contribution in [0.4, 0.5) is 14.5 Å². The molecule has 0 bridgehead atoms. The molecule has 0 aliphatic carbocycles. The summed E-state index contributed by atoms with van der Waals surface area (Å²) < 4.78 is 28.7. The summed E-state index contributed by atoms with van der Waals surface area (Å²) in [7, 11) is 0. The summed E-state index contributed by atoms with van der Waals surface area (Å²) in [5, 5.41) is 2.74. The minimum Gasteiger partial charge on any atom is -0.435 e. The fraction of sp³-hybridized carbons (Fsp3) is 0.278. The predicted molar refractivity (Wildman–Crippen MR) is 86.2 cm³/mol. The molecule has 0 aliphatic heterocycles. The number of amides is 1. The number of alkyl halides is 2. The number of carbonyl (C=O) groups is 1. The average molecular weight is 319 g/mol. The van der Waals surface area contributed by atoms with Crippen molar-refractivity contribution >= 4 is 11.6 Å². The Hall–Kier alpha value is -2.43. The number of ether oxygens (including phenoxy) is 1. The Balaban J connectivity index is 2.07. The van der Waals surface area contributed by atoms with Gasteiger partial charge < -0.3 is 10.1 Å². The second kappa shape index (κ2) is 7.72. The fourth-order valence-electron chi connectivity index (χ4n) is 2.15. The molecule has 23 heavy (non-hydrogen) atoms. The zero-order valence-electron chi connectivity index (χ0n) is 13.1. The molecule has 0 heterocycles. The van der Waals surface area contributed by atoms with Gasteiger partial charge in [0.05, 0.1) is 0 Å². The first-order chi connectivity index (χ1) is 11.0. The molecule has 122 valence electrons. The van der Waals surface area contributed by atoms with Crippen molar-refractivity contribution < 1.29 is 18.3 Å². The molecule has 1 amide bonds. The van der Waals surface area contributed by atoms with Gasteiger partial charge in [-0.3, -0.25) is 4.79 Å². The molecule has 2 aromatic carbocycles. The number of carbonyl (C=O) groups excluding carboxylic acids is 1. The Morgan fingerprint density at radius 3 is 2.48 bits per heavy atom. The second-order valence-corrected chi connectivity index (χ2v) is 5.29. The van der Waals surface area contributed by atoms with Gasteiger partial charge in [0.2, 0.25) is 0 Å².